The third kappa shape index (κ3) is 3.05. The monoisotopic (exact) mass is 270 g/mol. The van der Waals surface area contributed by atoms with Gasteiger partial charge in [-0.3, -0.25) is 4.79 Å². The summed E-state index contributed by atoms with van der Waals surface area (Å²) in [6.07, 6.45) is 2.90. The molecule has 0 aliphatic heterocycles. The fourth-order valence-corrected chi connectivity index (χ4v) is 1.80. The van der Waals surface area contributed by atoms with Crippen molar-refractivity contribution in [3.63, 3.8) is 0 Å². The maximum Gasteiger partial charge on any atom is 0.186 e. The number of carbonyl (C=O) groups is 1. The van der Waals surface area contributed by atoms with Gasteiger partial charge in [0.15, 0.2) is 17.3 Å². The number of benzene rings is 2. The van der Waals surface area contributed by atoms with Crippen LogP contribution in [-0.4, -0.2) is 21.1 Å². The van der Waals surface area contributed by atoms with E-state index in [9.17, 15) is 20.1 Å². The van der Waals surface area contributed by atoms with Crippen molar-refractivity contribution >= 4 is 11.9 Å². The highest BCUT2D eigenvalue weighted by atomic mass is 16.3. The largest absolute Gasteiger partial charge is 0.504 e. The molecule has 0 aliphatic rings. The zero-order valence-electron chi connectivity index (χ0n) is 10.7. The van der Waals surface area contributed by atoms with Gasteiger partial charge in [-0.05, 0) is 29.3 Å². The number of aromatic hydroxyl groups is 2. The molecule has 0 saturated heterocycles. The van der Waals surface area contributed by atoms with Gasteiger partial charge in [-0.25, -0.2) is 0 Å². The molecule has 0 radical (unpaired) electrons. The van der Waals surface area contributed by atoms with Crippen LogP contribution in [0, 0.1) is 0 Å². The van der Waals surface area contributed by atoms with Crippen molar-refractivity contribution in [3.05, 3.63) is 65.2 Å². The van der Waals surface area contributed by atoms with Crippen molar-refractivity contribution in [2.24, 2.45) is 0 Å². The zero-order valence-corrected chi connectivity index (χ0v) is 10.7. The van der Waals surface area contributed by atoms with Crippen molar-refractivity contribution in [3.8, 4) is 11.5 Å². The lowest BCUT2D eigenvalue weighted by atomic mass is 10.0. The van der Waals surface area contributed by atoms with Gasteiger partial charge in [0.05, 0.1) is 6.61 Å². The molecule has 0 fully saturated rings. The van der Waals surface area contributed by atoms with Gasteiger partial charge in [0.1, 0.15) is 0 Å². The molecule has 0 aliphatic carbocycles. The quantitative estimate of drug-likeness (QED) is 0.453. The molecule has 0 spiro atoms. The summed E-state index contributed by atoms with van der Waals surface area (Å²) in [5, 5.41) is 27.7. The number of ketones is 1. The van der Waals surface area contributed by atoms with Gasteiger partial charge in [0.2, 0.25) is 0 Å². The summed E-state index contributed by atoms with van der Waals surface area (Å²) in [5.74, 6) is -0.684. The van der Waals surface area contributed by atoms with Gasteiger partial charge in [0.25, 0.3) is 0 Å². The average molecular weight is 270 g/mol. The van der Waals surface area contributed by atoms with Crippen molar-refractivity contribution in [1.29, 1.82) is 0 Å². The summed E-state index contributed by atoms with van der Waals surface area (Å²) in [4.78, 5) is 12.0. The third-order valence-electron chi connectivity index (χ3n) is 2.88. The SMILES string of the molecule is O=C(/C=C/c1ccc(O)c(O)c1)c1ccccc1CO. The number of phenolic OH excluding ortho intramolecular Hbond substituents is 2. The molecule has 2 aromatic rings. The molecule has 0 saturated carbocycles. The van der Waals surface area contributed by atoms with Crippen molar-refractivity contribution in [1.82, 2.24) is 0 Å². The Morgan fingerprint density at radius 1 is 1.05 bits per heavy atom. The first-order valence-corrected chi connectivity index (χ1v) is 6.05. The van der Waals surface area contributed by atoms with Gasteiger partial charge in [-0.15, -0.1) is 0 Å². The Bertz CT molecular complexity index is 659. The van der Waals surface area contributed by atoms with Crippen molar-refractivity contribution in [2.45, 2.75) is 6.61 Å². The lowest BCUT2D eigenvalue weighted by Gasteiger charge is -2.03. The van der Waals surface area contributed by atoms with E-state index in [2.05, 4.69) is 0 Å². The maximum absolute atomic E-state index is 12.0. The first kappa shape index (κ1) is 13.8. The van der Waals surface area contributed by atoms with E-state index in [1.54, 1.807) is 30.3 Å². The predicted molar refractivity (Wildman–Crippen MR) is 75.5 cm³/mol. The van der Waals surface area contributed by atoms with E-state index < -0.39 is 0 Å². The number of hydrogen-bond acceptors (Lipinski definition) is 4. The van der Waals surface area contributed by atoms with E-state index >= 15 is 0 Å². The fourth-order valence-electron chi connectivity index (χ4n) is 1.80. The molecule has 0 heterocycles. The van der Waals surface area contributed by atoms with Crippen molar-refractivity contribution in [2.75, 3.05) is 0 Å². The van der Waals surface area contributed by atoms with Gasteiger partial charge >= 0.3 is 0 Å². The minimum atomic E-state index is -0.240. The molecule has 4 heteroatoms. The van der Waals surface area contributed by atoms with Gasteiger partial charge < -0.3 is 15.3 Å². The molecule has 20 heavy (non-hydrogen) atoms. The van der Waals surface area contributed by atoms with Gasteiger partial charge in [0, 0.05) is 5.56 Å². The maximum atomic E-state index is 12.0. The first-order chi connectivity index (χ1) is 9.61. The minimum absolute atomic E-state index is 0.199. The Hall–Kier alpha value is -2.59. The van der Waals surface area contributed by atoms with Crippen LogP contribution in [0.5, 0.6) is 11.5 Å². The Morgan fingerprint density at radius 2 is 1.80 bits per heavy atom. The number of allylic oxidation sites excluding steroid dienone is 1. The highest BCUT2D eigenvalue weighted by molar-refractivity contribution is 6.07. The molecule has 0 amide bonds. The number of carbonyl (C=O) groups excluding carboxylic acids is 1. The van der Waals surface area contributed by atoms with E-state index in [-0.39, 0.29) is 23.9 Å². The highest BCUT2D eigenvalue weighted by Gasteiger charge is 2.07. The Morgan fingerprint density at radius 3 is 2.50 bits per heavy atom. The van der Waals surface area contributed by atoms with Crippen molar-refractivity contribution < 1.29 is 20.1 Å². The molecule has 0 atom stereocenters. The van der Waals surface area contributed by atoms with Crippen LogP contribution in [0.4, 0.5) is 0 Å². The minimum Gasteiger partial charge on any atom is -0.504 e. The van der Waals surface area contributed by atoms with Gasteiger partial charge in [-0.2, -0.15) is 0 Å². The molecule has 0 unspecified atom stereocenters. The lowest BCUT2D eigenvalue weighted by molar-refractivity contribution is 0.104. The number of rotatable bonds is 4. The van der Waals surface area contributed by atoms with E-state index in [1.807, 2.05) is 0 Å². The second-order valence-electron chi connectivity index (χ2n) is 4.26. The lowest BCUT2D eigenvalue weighted by Crippen LogP contribution is -2.00. The molecule has 0 bridgehead atoms. The molecule has 102 valence electrons. The smallest absolute Gasteiger partial charge is 0.186 e. The van der Waals surface area contributed by atoms with E-state index in [1.165, 1.54) is 24.3 Å². The first-order valence-electron chi connectivity index (χ1n) is 6.05. The van der Waals surface area contributed by atoms with E-state index in [0.29, 0.717) is 16.7 Å². The normalized spacial score (nSPS) is 10.8. The molecule has 4 nitrogen and oxygen atoms in total. The van der Waals surface area contributed by atoms with Gasteiger partial charge in [-0.1, -0.05) is 36.4 Å². The second-order valence-corrected chi connectivity index (χ2v) is 4.26. The summed E-state index contributed by atoms with van der Waals surface area (Å²) < 4.78 is 0. The Labute approximate surface area is 116 Å². The van der Waals surface area contributed by atoms with Crippen LogP contribution < -0.4 is 0 Å². The molecule has 0 aromatic heterocycles. The second kappa shape index (κ2) is 6.04. The molecule has 2 aromatic carbocycles. The molecular weight excluding hydrogens is 256 g/mol. The van der Waals surface area contributed by atoms with Crippen LogP contribution in [-0.2, 0) is 6.61 Å². The van der Waals surface area contributed by atoms with Crippen LogP contribution >= 0.6 is 0 Å². The Balaban J connectivity index is 2.22. The summed E-state index contributed by atoms with van der Waals surface area (Å²) in [6.45, 7) is -0.199. The number of phenols is 2. The number of aliphatic hydroxyl groups is 1. The fraction of sp³-hybridized carbons (Fsp3) is 0.0625. The average Bonchev–Trinajstić information content (AvgIpc) is 2.48. The van der Waals surface area contributed by atoms with Crippen LogP contribution in [0.25, 0.3) is 6.08 Å². The van der Waals surface area contributed by atoms with Crippen LogP contribution in [0.3, 0.4) is 0 Å². The topological polar surface area (TPSA) is 77.8 Å². The highest BCUT2D eigenvalue weighted by Crippen LogP contribution is 2.25. The number of aliphatic hydroxyl groups excluding tert-OH is 1. The standard InChI is InChI=1S/C16H14O4/c17-10-12-3-1-2-4-13(12)14(18)7-5-11-6-8-15(19)16(20)9-11/h1-9,17,19-20H,10H2/b7-5+. The number of hydrogen-bond donors (Lipinski definition) is 3. The molecule has 2 rings (SSSR count). The molecule has 3 N–H and O–H groups in total. The van der Waals surface area contributed by atoms with E-state index in [4.69, 9.17) is 0 Å². The summed E-state index contributed by atoms with van der Waals surface area (Å²) in [7, 11) is 0. The summed E-state index contributed by atoms with van der Waals surface area (Å²) >= 11 is 0. The predicted octanol–water partition coefficient (Wildman–Crippen LogP) is 2.49. The third-order valence-corrected chi connectivity index (χ3v) is 2.88. The summed E-state index contributed by atoms with van der Waals surface area (Å²) in [6, 6.07) is 11.1. The van der Waals surface area contributed by atoms with Crippen LogP contribution in [0.15, 0.2) is 48.5 Å². The summed E-state index contributed by atoms with van der Waals surface area (Å²) in [5.41, 5.74) is 1.60. The van der Waals surface area contributed by atoms with E-state index in [0.717, 1.165) is 0 Å². The Kier molecular flexibility index (Phi) is 4.17. The molecular formula is C16H14O4. The zero-order chi connectivity index (χ0) is 14.5. The van der Waals surface area contributed by atoms with Crippen LogP contribution in [0.2, 0.25) is 0 Å². The van der Waals surface area contributed by atoms with Crippen LogP contribution in [0.1, 0.15) is 21.5 Å².